The van der Waals surface area contributed by atoms with Crippen LogP contribution >= 0.6 is 0 Å². The van der Waals surface area contributed by atoms with Crippen molar-refractivity contribution in [3.8, 4) is 22.8 Å². The second kappa shape index (κ2) is 7.17. The normalized spacial score (nSPS) is 17.1. The molecular weight excluding hydrogens is 380 g/mol. The van der Waals surface area contributed by atoms with Gasteiger partial charge in [-0.2, -0.15) is 15.1 Å². The maximum Gasteiger partial charge on any atom is 0.229 e. The van der Waals surface area contributed by atoms with Crippen molar-refractivity contribution in [1.29, 1.82) is 0 Å². The Morgan fingerprint density at radius 3 is 2.73 bits per heavy atom. The second-order valence-electron chi connectivity index (χ2n) is 7.67. The summed E-state index contributed by atoms with van der Waals surface area (Å²) in [5.41, 5.74) is 4.60. The molecule has 5 rings (SSSR count). The fraction of sp³-hybridized carbons (Fsp3) is 0.381. The highest BCUT2D eigenvalue weighted by molar-refractivity contribution is 5.91. The molecule has 1 atom stereocenters. The molecule has 0 unspecified atom stereocenters. The Bertz CT molecular complexity index is 1230. The number of morpholine rings is 1. The van der Waals surface area contributed by atoms with E-state index in [4.69, 9.17) is 19.7 Å². The minimum absolute atomic E-state index is 0.183. The van der Waals surface area contributed by atoms with Crippen molar-refractivity contribution in [1.82, 2.24) is 34.7 Å². The highest BCUT2D eigenvalue weighted by atomic mass is 16.5. The SMILES string of the molecule is Cc1nn(C)c(C)c1-c1nc(-c2ccnc3[nH]ccc23)nc(N2CCOC[C@H]2C)n1. The molecule has 4 aromatic rings. The van der Waals surface area contributed by atoms with Crippen LogP contribution in [0.25, 0.3) is 33.8 Å². The van der Waals surface area contributed by atoms with Gasteiger partial charge in [-0.05, 0) is 32.9 Å². The number of H-pyrrole nitrogens is 1. The summed E-state index contributed by atoms with van der Waals surface area (Å²) in [4.78, 5) is 24.4. The molecule has 0 bridgehead atoms. The number of ether oxygens (including phenoxy) is 1. The molecule has 9 heteroatoms. The summed E-state index contributed by atoms with van der Waals surface area (Å²) >= 11 is 0. The van der Waals surface area contributed by atoms with Gasteiger partial charge in [0.05, 0.1) is 30.5 Å². The van der Waals surface area contributed by atoms with Gasteiger partial charge in [-0.1, -0.05) is 0 Å². The van der Waals surface area contributed by atoms with Crippen molar-refractivity contribution in [2.24, 2.45) is 7.05 Å². The molecular formula is C21H24N8O. The van der Waals surface area contributed by atoms with E-state index in [1.807, 2.05) is 43.9 Å². The minimum atomic E-state index is 0.183. The van der Waals surface area contributed by atoms with Crippen molar-refractivity contribution in [3.63, 3.8) is 0 Å². The van der Waals surface area contributed by atoms with Crippen molar-refractivity contribution < 1.29 is 4.74 Å². The van der Waals surface area contributed by atoms with E-state index in [-0.39, 0.29) is 6.04 Å². The monoisotopic (exact) mass is 404 g/mol. The third-order valence-corrected chi connectivity index (χ3v) is 5.68. The number of nitrogens with one attached hydrogen (secondary N) is 1. The summed E-state index contributed by atoms with van der Waals surface area (Å²) < 4.78 is 7.48. The molecule has 0 saturated carbocycles. The molecule has 0 aliphatic carbocycles. The van der Waals surface area contributed by atoms with Gasteiger partial charge < -0.3 is 14.6 Å². The number of pyridine rings is 1. The van der Waals surface area contributed by atoms with Crippen molar-refractivity contribution in [2.75, 3.05) is 24.7 Å². The average molecular weight is 404 g/mol. The fourth-order valence-electron chi connectivity index (χ4n) is 4.00. The predicted octanol–water partition coefficient (Wildman–Crippen LogP) is 2.66. The largest absolute Gasteiger partial charge is 0.377 e. The first-order valence-corrected chi connectivity index (χ1v) is 10.1. The number of fused-ring (bicyclic) bond motifs is 1. The van der Waals surface area contributed by atoms with Crippen LogP contribution in [0.1, 0.15) is 18.3 Å². The Morgan fingerprint density at radius 2 is 1.97 bits per heavy atom. The van der Waals surface area contributed by atoms with Crippen molar-refractivity contribution in [3.05, 3.63) is 35.9 Å². The summed E-state index contributed by atoms with van der Waals surface area (Å²) in [6.45, 7) is 8.19. The van der Waals surface area contributed by atoms with Crippen molar-refractivity contribution >= 4 is 17.0 Å². The molecule has 30 heavy (non-hydrogen) atoms. The standard InChI is InChI=1S/C21H24N8O/c1-12-11-30-10-9-29(12)21-25-19(16-6-8-23-18-15(16)5-7-22-18)24-20(26-21)17-13(2)27-28(4)14(17)3/h5-8,12H,9-11H2,1-4H3,(H,22,23)/t12-/m1/s1. The van der Waals surface area contributed by atoms with E-state index in [2.05, 4.69) is 26.9 Å². The van der Waals surface area contributed by atoms with Gasteiger partial charge in [0, 0.05) is 42.6 Å². The molecule has 5 heterocycles. The number of nitrogens with zero attached hydrogens (tertiary/aromatic N) is 7. The molecule has 1 saturated heterocycles. The topological polar surface area (TPSA) is 97.6 Å². The zero-order chi connectivity index (χ0) is 20.8. The van der Waals surface area contributed by atoms with Crippen LogP contribution in [0, 0.1) is 13.8 Å². The lowest BCUT2D eigenvalue weighted by Crippen LogP contribution is -2.44. The van der Waals surface area contributed by atoms with Crippen LogP contribution in [0.3, 0.4) is 0 Å². The Labute approximate surface area is 174 Å². The molecule has 0 radical (unpaired) electrons. The molecule has 1 aliphatic rings. The number of aromatic nitrogens is 7. The zero-order valence-corrected chi connectivity index (χ0v) is 17.5. The number of anilines is 1. The van der Waals surface area contributed by atoms with Gasteiger partial charge in [-0.25, -0.2) is 9.97 Å². The highest BCUT2D eigenvalue weighted by Gasteiger charge is 2.25. The van der Waals surface area contributed by atoms with E-state index in [0.717, 1.165) is 40.1 Å². The van der Waals surface area contributed by atoms with Gasteiger partial charge in [0.2, 0.25) is 5.95 Å². The Morgan fingerprint density at radius 1 is 1.13 bits per heavy atom. The summed E-state index contributed by atoms with van der Waals surface area (Å²) in [6, 6.07) is 4.13. The number of rotatable bonds is 3. The number of hydrogen-bond acceptors (Lipinski definition) is 7. The van der Waals surface area contributed by atoms with Gasteiger partial charge in [0.1, 0.15) is 5.65 Å². The van der Waals surface area contributed by atoms with Crippen LogP contribution in [0.5, 0.6) is 0 Å². The quantitative estimate of drug-likeness (QED) is 0.560. The second-order valence-corrected chi connectivity index (χ2v) is 7.67. The third-order valence-electron chi connectivity index (χ3n) is 5.68. The summed E-state index contributed by atoms with van der Waals surface area (Å²) in [5, 5.41) is 5.54. The maximum absolute atomic E-state index is 5.61. The molecule has 1 N–H and O–H groups in total. The fourth-order valence-corrected chi connectivity index (χ4v) is 4.00. The molecule has 154 valence electrons. The lowest BCUT2D eigenvalue weighted by molar-refractivity contribution is 0.0981. The van der Waals surface area contributed by atoms with E-state index in [0.29, 0.717) is 30.8 Å². The van der Waals surface area contributed by atoms with E-state index < -0.39 is 0 Å². The molecule has 0 aromatic carbocycles. The Kier molecular flexibility index (Phi) is 4.47. The van der Waals surface area contributed by atoms with Gasteiger partial charge in [-0.15, -0.1) is 0 Å². The van der Waals surface area contributed by atoms with Crippen molar-refractivity contribution in [2.45, 2.75) is 26.8 Å². The van der Waals surface area contributed by atoms with Gasteiger partial charge >= 0.3 is 0 Å². The molecule has 9 nitrogen and oxygen atoms in total. The smallest absolute Gasteiger partial charge is 0.229 e. The number of aromatic amines is 1. The maximum atomic E-state index is 5.61. The lowest BCUT2D eigenvalue weighted by atomic mass is 10.1. The van der Waals surface area contributed by atoms with E-state index >= 15 is 0 Å². The highest BCUT2D eigenvalue weighted by Crippen LogP contribution is 2.30. The first kappa shape index (κ1) is 18.7. The summed E-state index contributed by atoms with van der Waals surface area (Å²) in [5.74, 6) is 1.93. The summed E-state index contributed by atoms with van der Waals surface area (Å²) in [6.07, 6.45) is 3.65. The zero-order valence-electron chi connectivity index (χ0n) is 17.5. The van der Waals surface area contributed by atoms with Crippen LogP contribution in [0.4, 0.5) is 5.95 Å². The van der Waals surface area contributed by atoms with Gasteiger partial charge in [-0.3, -0.25) is 4.68 Å². The van der Waals surface area contributed by atoms with Gasteiger partial charge in [0.15, 0.2) is 11.6 Å². The first-order valence-electron chi connectivity index (χ1n) is 10.1. The lowest BCUT2D eigenvalue weighted by Gasteiger charge is -2.33. The minimum Gasteiger partial charge on any atom is -0.377 e. The first-order chi connectivity index (χ1) is 14.5. The number of hydrogen-bond donors (Lipinski definition) is 1. The van der Waals surface area contributed by atoms with Crippen LogP contribution in [-0.4, -0.2) is 60.5 Å². The molecule has 4 aromatic heterocycles. The summed E-state index contributed by atoms with van der Waals surface area (Å²) in [7, 11) is 1.94. The Balaban J connectivity index is 1.74. The van der Waals surface area contributed by atoms with Gasteiger partial charge in [0.25, 0.3) is 0 Å². The third kappa shape index (κ3) is 3.02. The Hall–Kier alpha value is -3.33. The molecule has 0 spiro atoms. The van der Waals surface area contributed by atoms with E-state index in [1.165, 1.54) is 0 Å². The van der Waals surface area contributed by atoms with E-state index in [1.54, 1.807) is 6.20 Å². The molecule has 0 amide bonds. The van der Waals surface area contributed by atoms with Crippen LogP contribution in [0.2, 0.25) is 0 Å². The van der Waals surface area contributed by atoms with Crippen LogP contribution in [-0.2, 0) is 11.8 Å². The number of aryl methyl sites for hydroxylation is 2. The van der Waals surface area contributed by atoms with Crippen LogP contribution in [0.15, 0.2) is 24.5 Å². The average Bonchev–Trinajstić information content (AvgIpc) is 3.32. The molecule has 1 aliphatic heterocycles. The predicted molar refractivity (Wildman–Crippen MR) is 114 cm³/mol. The molecule has 1 fully saturated rings. The van der Waals surface area contributed by atoms with E-state index in [9.17, 15) is 0 Å². The van der Waals surface area contributed by atoms with Crippen LogP contribution < -0.4 is 4.90 Å².